The lowest BCUT2D eigenvalue weighted by Crippen LogP contribution is -1.93. The molecule has 21 heavy (non-hydrogen) atoms. The Morgan fingerprint density at radius 3 is 2.67 bits per heavy atom. The molecule has 0 unspecified atom stereocenters. The Morgan fingerprint density at radius 1 is 0.952 bits per heavy atom. The number of pyridine rings is 3. The second-order valence-corrected chi connectivity index (χ2v) is 4.87. The van der Waals surface area contributed by atoms with E-state index in [1.54, 1.807) is 18.3 Å². The van der Waals surface area contributed by atoms with Crippen LogP contribution in [0, 0.1) is 5.95 Å². The van der Waals surface area contributed by atoms with Crippen LogP contribution in [0.2, 0.25) is 0 Å². The first-order chi connectivity index (χ1) is 10.2. The van der Waals surface area contributed by atoms with E-state index in [4.69, 9.17) is 0 Å². The molecule has 0 spiro atoms. The smallest absolute Gasteiger partial charge is 0.213 e. The third kappa shape index (κ3) is 1.78. The number of fused-ring (bicyclic) bond motifs is 3. The maximum Gasteiger partial charge on any atom is 0.213 e. The molecule has 0 radical (unpaired) electrons. The van der Waals surface area contributed by atoms with Gasteiger partial charge in [0, 0.05) is 30.2 Å². The van der Waals surface area contributed by atoms with E-state index < -0.39 is 5.95 Å². The number of aromatic nitrogens is 4. The molecule has 0 saturated carbocycles. The zero-order chi connectivity index (χ0) is 14.4. The van der Waals surface area contributed by atoms with Crippen molar-refractivity contribution in [1.29, 1.82) is 0 Å². The van der Waals surface area contributed by atoms with Crippen molar-refractivity contribution >= 4 is 21.9 Å². The van der Waals surface area contributed by atoms with Gasteiger partial charge in [-0.2, -0.15) is 4.39 Å². The molecule has 4 nitrogen and oxygen atoms in total. The summed E-state index contributed by atoms with van der Waals surface area (Å²) in [5.41, 5.74) is 3.08. The molecular weight excluding hydrogens is 266 g/mol. The van der Waals surface area contributed by atoms with Gasteiger partial charge in [-0.1, -0.05) is 6.07 Å². The van der Waals surface area contributed by atoms with Crippen molar-refractivity contribution in [3.05, 3.63) is 54.7 Å². The number of rotatable bonds is 1. The van der Waals surface area contributed by atoms with Crippen molar-refractivity contribution in [3.63, 3.8) is 0 Å². The van der Waals surface area contributed by atoms with Crippen LogP contribution < -0.4 is 0 Å². The molecule has 0 aromatic carbocycles. The second kappa shape index (κ2) is 4.34. The molecule has 0 amide bonds. The summed E-state index contributed by atoms with van der Waals surface area (Å²) in [6.45, 7) is 0. The summed E-state index contributed by atoms with van der Waals surface area (Å²) in [5.74, 6) is -0.504. The summed E-state index contributed by atoms with van der Waals surface area (Å²) in [6, 6.07) is 10.5. The van der Waals surface area contributed by atoms with Crippen LogP contribution in [0.4, 0.5) is 4.39 Å². The van der Waals surface area contributed by atoms with Crippen LogP contribution in [0.1, 0.15) is 0 Å². The summed E-state index contributed by atoms with van der Waals surface area (Å²) < 4.78 is 15.3. The fraction of sp³-hybridized carbons (Fsp3) is 0.0625. The lowest BCUT2D eigenvalue weighted by molar-refractivity contribution is 0.585. The highest BCUT2D eigenvalue weighted by Gasteiger charge is 2.11. The largest absolute Gasteiger partial charge is 0.328 e. The van der Waals surface area contributed by atoms with Crippen LogP contribution in [-0.4, -0.2) is 19.5 Å². The SMILES string of the molecule is Cn1c2ccncc2c2ccc(-c3cccc([18F])n3)nc21. The second-order valence-electron chi connectivity index (χ2n) is 4.87. The van der Waals surface area contributed by atoms with Crippen molar-refractivity contribution in [3.8, 4) is 11.4 Å². The maximum atomic E-state index is 13.3. The Morgan fingerprint density at radius 2 is 1.81 bits per heavy atom. The third-order valence-electron chi connectivity index (χ3n) is 3.62. The summed E-state index contributed by atoms with van der Waals surface area (Å²) in [5, 5.41) is 2.09. The van der Waals surface area contributed by atoms with Crippen molar-refractivity contribution in [2.75, 3.05) is 0 Å². The summed E-state index contributed by atoms with van der Waals surface area (Å²) in [7, 11) is 1.96. The molecule has 0 aliphatic rings. The standard InChI is InChI=1S/C16H11FN4/c1-21-14-7-8-18-9-11(14)10-5-6-13(20-16(10)21)12-3-2-4-15(17)19-12/h2-9H,1H3/i17-1. The number of hydrogen-bond acceptors (Lipinski definition) is 3. The molecule has 0 bridgehead atoms. The Hall–Kier alpha value is -2.82. The van der Waals surface area contributed by atoms with Crippen LogP contribution in [0.5, 0.6) is 0 Å². The molecule has 0 saturated heterocycles. The fourth-order valence-electron chi connectivity index (χ4n) is 2.61. The van der Waals surface area contributed by atoms with Gasteiger partial charge in [0.05, 0.1) is 16.9 Å². The van der Waals surface area contributed by atoms with Crippen molar-refractivity contribution in [1.82, 2.24) is 19.5 Å². The van der Waals surface area contributed by atoms with Crippen molar-refractivity contribution < 1.29 is 4.39 Å². The average Bonchev–Trinajstić information content (AvgIpc) is 2.81. The zero-order valence-corrected chi connectivity index (χ0v) is 11.3. The van der Waals surface area contributed by atoms with Crippen LogP contribution in [0.15, 0.2) is 48.8 Å². The van der Waals surface area contributed by atoms with Gasteiger partial charge in [0.1, 0.15) is 5.65 Å². The lowest BCUT2D eigenvalue weighted by Gasteiger charge is -2.02. The van der Waals surface area contributed by atoms with Crippen molar-refractivity contribution in [2.24, 2.45) is 7.05 Å². The molecule has 0 atom stereocenters. The lowest BCUT2D eigenvalue weighted by atomic mass is 10.2. The summed E-state index contributed by atoms with van der Waals surface area (Å²) >= 11 is 0. The molecule has 4 aromatic rings. The number of nitrogens with zero attached hydrogens (tertiary/aromatic N) is 4. The Kier molecular flexibility index (Phi) is 2.47. The van der Waals surface area contributed by atoms with E-state index in [2.05, 4.69) is 15.0 Å². The van der Waals surface area contributed by atoms with Gasteiger partial charge >= 0.3 is 0 Å². The average molecular weight is 277 g/mol. The highest BCUT2D eigenvalue weighted by atomic mass is 18.2. The molecule has 0 aliphatic carbocycles. The first-order valence-corrected chi connectivity index (χ1v) is 6.56. The first kappa shape index (κ1) is 12.0. The number of halogens is 1. The summed E-state index contributed by atoms with van der Waals surface area (Å²) in [6.07, 6.45) is 3.59. The molecule has 4 rings (SSSR count). The minimum absolute atomic E-state index is 0.504. The minimum atomic E-state index is -0.504. The number of aryl methyl sites for hydroxylation is 1. The predicted octanol–water partition coefficient (Wildman–Crippen LogP) is 3.32. The van der Waals surface area contributed by atoms with E-state index >= 15 is 0 Å². The van der Waals surface area contributed by atoms with Gasteiger partial charge in [-0.25, -0.2) is 9.97 Å². The van der Waals surface area contributed by atoms with E-state index in [0.717, 1.165) is 21.9 Å². The van der Waals surface area contributed by atoms with E-state index in [9.17, 15) is 4.39 Å². The van der Waals surface area contributed by atoms with Crippen LogP contribution in [-0.2, 0) is 7.05 Å². The van der Waals surface area contributed by atoms with Gasteiger partial charge in [-0.15, -0.1) is 0 Å². The molecule has 4 aromatic heterocycles. The van der Waals surface area contributed by atoms with Gasteiger partial charge in [-0.05, 0) is 30.3 Å². The Bertz CT molecular complexity index is 975. The predicted molar refractivity (Wildman–Crippen MR) is 79.2 cm³/mol. The monoisotopic (exact) mass is 277 g/mol. The molecule has 4 heterocycles. The quantitative estimate of drug-likeness (QED) is 0.501. The van der Waals surface area contributed by atoms with Gasteiger partial charge in [0.15, 0.2) is 0 Å². The first-order valence-electron chi connectivity index (χ1n) is 6.56. The Labute approximate surface area is 119 Å². The normalized spacial score (nSPS) is 11.3. The van der Waals surface area contributed by atoms with E-state index in [1.807, 2.05) is 36.0 Å². The van der Waals surface area contributed by atoms with Crippen LogP contribution in [0.25, 0.3) is 33.3 Å². The van der Waals surface area contributed by atoms with Gasteiger partial charge in [0.25, 0.3) is 0 Å². The summed E-state index contributed by atoms with van der Waals surface area (Å²) in [4.78, 5) is 12.7. The topological polar surface area (TPSA) is 43.6 Å². The van der Waals surface area contributed by atoms with Crippen LogP contribution >= 0.6 is 0 Å². The molecule has 5 heteroatoms. The van der Waals surface area contributed by atoms with Crippen LogP contribution in [0.3, 0.4) is 0 Å². The van der Waals surface area contributed by atoms with Gasteiger partial charge in [0.2, 0.25) is 5.95 Å². The van der Waals surface area contributed by atoms with Gasteiger partial charge in [-0.3, -0.25) is 4.98 Å². The Balaban J connectivity index is 2.02. The fourth-order valence-corrected chi connectivity index (χ4v) is 2.61. The van der Waals surface area contributed by atoms with Gasteiger partial charge < -0.3 is 4.57 Å². The molecule has 0 aliphatic heterocycles. The van der Waals surface area contributed by atoms with E-state index in [0.29, 0.717) is 11.4 Å². The van der Waals surface area contributed by atoms with E-state index in [1.165, 1.54) is 6.07 Å². The number of hydrogen-bond donors (Lipinski definition) is 0. The third-order valence-corrected chi connectivity index (χ3v) is 3.62. The molecule has 102 valence electrons. The molecule has 0 fully saturated rings. The van der Waals surface area contributed by atoms with Crippen molar-refractivity contribution in [2.45, 2.75) is 0 Å². The van der Waals surface area contributed by atoms with E-state index in [-0.39, 0.29) is 0 Å². The zero-order valence-electron chi connectivity index (χ0n) is 11.3. The maximum absolute atomic E-state index is 13.3. The molecule has 0 N–H and O–H groups in total. The minimum Gasteiger partial charge on any atom is -0.328 e. The molecular formula is C16H11FN4. The highest BCUT2D eigenvalue weighted by molar-refractivity contribution is 6.06. The highest BCUT2D eigenvalue weighted by Crippen LogP contribution is 2.28.